The summed E-state index contributed by atoms with van der Waals surface area (Å²) in [6.45, 7) is 0. The van der Waals surface area contributed by atoms with Gasteiger partial charge in [-0.15, -0.1) is 0 Å². The maximum Gasteiger partial charge on any atom is 0.289 e. The first-order chi connectivity index (χ1) is 12.1. The van der Waals surface area contributed by atoms with Crippen LogP contribution in [-0.2, 0) is 16.0 Å². The van der Waals surface area contributed by atoms with Crippen LogP contribution < -0.4 is 10.1 Å². The minimum Gasteiger partial charge on any atom is -0.497 e. The number of ether oxygens (including phenoxy) is 1. The van der Waals surface area contributed by atoms with Crippen molar-refractivity contribution in [1.29, 1.82) is 0 Å². The highest BCUT2D eigenvalue weighted by Gasteiger charge is 2.41. The molecule has 3 amide bonds. The predicted molar refractivity (Wildman–Crippen MR) is 95.6 cm³/mol. The summed E-state index contributed by atoms with van der Waals surface area (Å²) in [5, 5.41) is 2.85. The Morgan fingerprint density at radius 1 is 1.32 bits per heavy atom. The van der Waals surface area contributed by atoms with Crippen LogP contribution in [0, 0.1) is 0 Å². The van der Waals surface area contributed by atoms with Crippen LogP contribution in [0.4, 0.5) is 4.79 Å². The summed E-state index contributed by atoms with van der Waals surface area (Å²) in [7, 11) is 1.59. The highest BCUT2D eigenvalue weighted by molar-refractivity contribution is 8.14. The fourth-order valence-corrected chi connectivity index (χ4v) is 4.26. The lowest BCUT2D eigenvalue weighted by Gasteiger charge is -2.36. The van der Waals surface area contributed by atoms with Crippen LogP contribution in [0.3, 0.4) is 0 Å². The van der Waals surface area contributed by atoms with Gasteiger partial charge in [0.05, 0.1) is 25.3 Å². The fourth-order valence-electron chi connectivity index (χ4n) is 3.50. The van der Waals surface area contributed by atoms with Crippen LogP contribution in [0.1, 0.15) is 31.2 Å². The number of nitrogens with zero attached hydrogens (tertiary/aromatic N) is 1. The standard InChI is InChI=1S/C18H22N2O4S/c1-24-13-6-4-5-12(9-13)10-16(21)19-14-7-2-3-8-15(14)20-17(22)11-25-18(20)23/h4-6,9,14-15H,2-3,7-8,10-11H2,1H3,(H,19,21). The number of carbonyl (C=O) groups is 3. The topological polar surface area (TPSA) is 75.7 Å². The van der Waals surface area contributed by atoms with Gasteiger partial charge in [-0.3, -0.25) is 19.3 Å². The van der Waals surface area contributed by atoms with Crippen LogP contribution >= 0.6 is 11.8 Å². The molecule has 0 aromatic heterocycles. The highest BCUT2D eigenvalue weighted by atomic mass is 32.2. The van der Waals surface area contributed by atoms with Crippen molar-refractivity contribution in [2.75, 3.05) is 12.9 Å². The average molecular weight is 362 g/mol. The van der Waals surface area contributed by atoms with E-state index in [1.165, 1.54) is 4.90 Å². The van der Waals surface area contributed by atoms with Crippen LogP contribution in [0.5, 0.6) is 5.75 Å². The molecule has 1 N–H and O–H groups in total. The number of amides is 3. The third-order valence-corrected chi connectivity index (χ3v) is 5.53. The summed E-state index contributed by atoms with van der Waals surface area (Å²) in [5.74, 6) is 0.678. The van der Waals surface area contributed by atoms with E-state index in [1.807, 2.05) is 24.3 Å². The summed E-state index contributed by atoms with van der Waals surface area (Å²) < 4.78 is 5.18. The van der Waals surface area contributed by atoms with Gasteiger partial charge in [0, 0.05) is 6.04 Å². The van der Waals surface area contributed by atoms with Crippen LogP contribution in [0.25, 0.3) is 0 Å². The Hall–Kier alpha value is -2.02. The molecule has 0 radical (unpaired) electrons. The summed E-state index contributed by atoms with van der Waals surface area (Å²) in [4.78, 5) is 37.9. The summed E-state index contributed by atoms with van der Waals surface area (Å²) in [6.07, 6.45) is 3.74. The SMILES string of the molecule is COc1cccc(CC(=O)NC2CCCCC2N2C(=O)CSC2=O)c1. The Labute approximate surface area is 151 Å². The Bertz CT molecular complexity index is 663. The number of imide groups is 1. The zero-order valence-corrected chi connectivity index (χ0v) is 15.0. The Balaban J connectivity index is 1.65. The third kappa shape index (κ3) is 4.15. The van der Waals surface area contributed by atoms with Crippen molar-refractivity contribution in [3.8, 4) is 5.75 Å². The Morgan fingerprint density at radius 2 is 2.12 bits per heavy atom. The summed E-state index contributed by atoms with van der Waals surface area (Å²) >= 11 is 1.05. The van der Waals surface area contributed by atoms with E-state index < -0.39 is 0 Å². The molecule has 1 saturated carbocycles. The summed E-state index contributed by atoms with van der Waals surface area (Å²) in [6, 6.07) is 7.01. The fraction of sp³-hybridized carbons (Fsp3) is 0.500. The van der Waals surface area contributed by atoms with Gasteiger partial charge in [0.1, 0.15) is 5.75 Å². The number of benzene rings is 1. The molecule has 134 valence electrons. The zero-order valence-electron chi connectivity index (χ0n) is 14.2. The smallest absolute Gasteiger partial charge is 0.289 e. The van der Waals surface area contributed by atoms with E-state index in [-0.39, 0.29) is 41.3 Å². The van der Waals surface area contributed by atoms with Crippen molar-refractivity contribution in [3.05, 3.63) is 29.8 Å². The van der Waals surface area contributed by atoms with Gasteiger partial charge < -0.3 is 10.1 Å². The monoisotopic (exact) mass is 362 g/mol. The van der Waals surface area contributed by atoms with E-state index in [2.05, 4.69) is 5.32 Å². The van der Waals surface area contributed by atoms with Crippen molar-refractivity contribution in [3.63, 3.8) is 0 Å². The lowest BCUT2D eigenvalue weighted by molar-refractivity contribution is -0.129. The van der Waals surface area contributed by atoms with Gasteiger partial charge in [-0.2, -0.15) is 0 Å². The van der Waals surface area contributed by atoms with Crippen LogP contribution in [0.2, 0.25) is 0 Å². The number of rotatable bonds is 5. The minimum atomic E-state index is -0.224. The normalized spacial score (nSPS) is 23.6. The first kappa shape index (κ1) is 17.8. The largest absolute Gasteiger partial charge is 0.497 e. The van der Waals surface area contributed by atoms with E-state index in [9.17, 15) is 14.4 Å². The quantitative estimate of drug-likeness (QED) is 0.870. The first-order valence-corrected chi connectivity index (χ1v) is 9.48. The van der Waals surface area contributed by atoms with Gasteiger partial charge >= 0.3 is 0 Å². The van der Waals surface area contributed by atoms with E-state index in [0.717, 1.165) is 43.0 Å². The molecule has 2 unspecified atom stereocenters. The third-order valence-electron chi connectivity index (χ3n) is 4.69. The number of carbonyl (C=O) groups excluding carboxylic acids is 3. The molecule has 0 bridgehead atoms. The maximum atomic E-state index is 12.5. The van der Waals surface area contributed by atoms with Gasteiger partial charge in [-0.05, 0) is 30.5 Å². The molecule has 1 aromatic carbocycles. The molecule has 1 aliphatic carbocycles. The molecule has 1 saturated heterocycles. The van der Waals surface area contributed by atoms with Crippen molar-refractivity contribution in [2.45, 2.75) is 44.2 Å². The number of nitrogens with one attached hydrogen (secondary N) is 1. The second-order valence-corrected chi connectivity index (χ2v) is 7.30. The molecule has 6 nitrogen and oxygen atoms in total. The molecule has 3 rings (SSSR count). The van der Waals surface area contributed by atoms with Gasteiger partial charge in [-0.1, -0.05) is 36.7 Å². The number of hydrogen-bond donors (Lipinski definition) is 1. The van der Waals surface area contributed by atoms with E-state index >= 15 is 0 Å². The lowest BCUT2D eigenvalue weighted by atomic mass is 9.89. The van der Waals surface area contributed by atoms with Gasteiger partial charge in [0.2, 0.25) is 11.8 Å². The lowest BCUT2D eigenvalue weighted by Crippen LogP contribution is -2.55. The van der Waals surface area contributed by atoms with E-state index in [1.54, 1.807) is 7.11 Å². The van der Waals surface area contributed by atoms with E-state index in [0.29, 0.717) is 5.75 Å². The van der Waals surface area contributed by atoms with Crippen molar-refractivity contribution in [1.82, 2.24) is 10.2 Å². The molecule has 2 aliphatic rings. The predicted octanol–water partition coefficient (Wildman–Crippen LogP) is 2.36. The summed E-state index contributed by atoms with van der Waals surface area (Å²) in [5.41, 5.74) is 0.869. The molecular formula is C18H22N2O4S. The molecule has 25 heavy (non-hydrogen) atoms. The van der Waals surface area contributed by atoms with Gasteiger partial charge in [-0.25, -0.2) is 0 Å². The van der Waals surface area contributed by atoms with Gasteiger partial charge in [0.15, 0.2) is 0 Å². The Morgan fingerprint density at radius 3 is 2.84 bits per heavy atom. The molecule has 1 heterocycles. The van der Waals surface area contributed by atoms with Crippen LogP contribution in [-0.4, -0.2) is 46.9 Å². The van der Waals surface area contributed by atoms with Gasteiger partial charge in [0.25, 0.3) is 5.24 Å². The molecule has 7 heteroatoms. The van der Waals surface area contributed by atoms with Crippen molar-refractivity contribution < 1.29 is 19.1 Å². The zero-order chi connectivity index (χ0) is 17.8. The maximum absolute atomic E-state index is 12.5. The molecule has 1 aromatic rings. The minimum absolute atomic E-state index is 0.100. The van der Waals surface area contributed by atoms with E-state index in [4.69, 9.17) is 4.74 Å². The molecular weight excluding hydrogens is 340 g/mol. The molecule has 1 aliphatic heterocycles. The second kappa shape index (κ2) is 7.91. The highest BCUT2D eigenvalue weighted by Crippen LogP contribution is 2.30. The molecule has 0 spiro atoms. The van der Waals surface area contributed by atoms with Crippen molar-refractivity contribution in [2.24, 2.45) is 0 Å². The van der Waals surface area contributed by atoms with Crippen LogP contribution in [0.15, 0.2) is 24.3 Å². The first-order valence-electron chi connectivity index (χ1n) is 8.49. The Kier molecular flexibility index (Phi) is 5.63. The number of methoxy groups -OCH3 is 1. The average Bonchev–Trinajstić information content (AvgIpc) is 2.94. The number of hydrogen-bond acceptors (Lipinski definition) is 5. The number of thioether (sulfide) groups is 1. The molecule has 2 fully saturated rings. The van der Waals surface area contributed by atoms with Crippen molar-refractivity contribution >= 4 is 28.8 Å². The second-order valence-electron chi connectivity index (χ2n) is 6.37. The molecule has 2 atom stereocenters.